The Morgan fingerprint density at radius 1 is 1.43 bits per heavy atom. The topological polar surface area (TPSA) is 65.1 Å². The average Bonchev–Trinajstić information content (AvgIpc) is 2.88. The van der Waals surface area contributed by atoms with Crippen LogP contribution in [-0.2, 0) is 6.42 Å². The van der Waals surface area contributed by atoms with Crippen LogP contribution >= 0.6 is 11.6 Å². The average molecular weight is 309 g/mol. The highest BCUT2D eigenvalue weighted by molar-refractivity contribution is 6.30. The molecule has 5 nitrogen and oxygen atoms in total. The Morgan fingerprint density at radius 3 is 2.76 bits per heavy atom. The summed E-state index contributed by atoms with van der Waals surface area (Å²) < 4.78 is 7.34. The molecule has 3 N–H and O–H groups in total. The number of aromatic nitrogens is 2. The fourth-order valence-electron chi connectivity index (χ4n) is 2.39. The van der Waals surface area contributed by atoms with Crippen LogP contribution in [0.1, 0.15) is 37.2 Å². The van der Waals surface area contributed by atoms with Crippen molar-refractivity contribution >= 4 is 11.6 Å². The van der Waals surface area contributed by atoms with Crippen molar-refractivity contribution in [1.29, 1.82) is 0 Å². The quantitative estimate of drug-likeness (QED) is 0.636. The predicted octanol–water partition coefficient (Wildman–Crippen LogP) is 2.87. The lowest BCUT2D eigenvalue weighted by atomic mass is 10.0. The molecule has 0 aliphatic rings. The first-order valence-electron chi connectivity index (χ1n) is 6.88. The lowest BCUT2D eigenvalue weighted by Gasteiger charge is -2.21. The molecule has 114 valence electrons. The zero-order valence-electron chi connectivity index (χ0n) is 12.5. The highest BCUT2D eigenvalue weighted by Crippen LogP contribution is 2.29. The highest BCUT2D eigenvalue weighted by atomic mass is 35.5. The van der Waals surface area contributed by atoms with Gasteiger partial charge in [-0.05, 0) is 38.0 Å². The van der Waals surface area contributed by atoms with Gasteiger partial charge in [0, 0.05) is 11.1 Å². The molecule has 0 radical (unpaired) electrons. The van der Waals surface area contributed by atoms with Gasteiger partial charge in [-0.2, -0.15) is 5.10 Å². The van der Waals surface area contributed by atoms with Crippen LogP contribution in [0.4, 0.5) is 0 Å². The van der Waals surface area contributed by atoms with E-state index in [1.54, 1.807) is 13.3 Å². The van der Waals surface area contributed by atoms with Crippen molar-refractivity contribution in [3.8, 4) is 5.75 Å². The summed E-state index contributed by atoms with van der Waals surface area (Å²) in [4.78, 5) is 0. The number of benzene rings is 1. The van der Waals surface area contributed by atoms with Crippen LogP contribution in [0, 0.1) is 0 Å². The van der Waals surface area contributed by atoms with Crippen LogP contribution in [0.3, 0.4) is 0 Å². The number of ether oxygens (including phenoxy) is 1. The van der Waals surface area contributed by atoms with E-state index >= 15 is 0 Å². The minimum absolute atomic E-state index is 0.108. The minimum atomic E-state index is -0.108. The Hall–Kier alpha value is -1.56. The molecule has 1 aromatic heterocycles. The second kappa shape index (κ2) is 6.93. The number of nitrogens with zero attached hydrogens (tertiary/aromatic N) is 2. The summed E-state index contributed by atoms with van der Waals surface area (Å²) >= 11 is 6.04. The van der Waals surface area contributed by atoms with E-state index in [1.807, 2.05) is 28.9 Å². The molecule has 6 heteroatoms. The van der Waals surface area contributed by atoms with E-state index < -0.39 is 0 Å². The fourth-order valence-corrected chi connectivity index (χ4v) is 2.60. The van der Waals surface area contributed by atoms with Gasteiger partial charge in [0.2, 0.25) is 0 Å². The Bertz CT molecular complexity index is 597. The third-order valence-corrected chi connectivity index (χ3v) is 3.60. The number of hydrogen-bond acceptors (Lipinski definition) is 4. The van der Waals surface area contributed by atoms with Gasteiger partial charge in [-0.1, -0.05) is 23.7 Å². The first-order valence-corrected chi connectivity index (χ1v) is 7.26. The summed E-state index contributed by atoms with van der Waals surface area (Å²) in [6.07, 6.45) is 2.42. The van der Waals surface area contributed by atoms with E-state index in [1.165, 1.54) is 0 Å². The number of rotatable bonds is 6. The zero-order chi connectivity index (χ0) is 15.4. The normalized spacial score (nSPS) is 12.7. The molecule has 1 atom stereocenters. The fraction of sp³-hybridized carbons (Fsp3) is 0.400. The summed E-state index contributed by atoms with van der Waals surface area (Å²) in [5, 5.41) is 5.10. The van der Waals surface area contributed by atoms with Gasteiger partial charge < -0.3 is 4.74 Å². The van der Waals surface area contributed by atoms with Gasteiger partial charge in [0.15, 0.2) is 5.75 Å². The first-order chi connectivity index (χ1) is 10.1. The van der Waals surface area contributed by atoms with Gasteiger partial charge >= 0.3 is 0 Å². The molecule has 0 saturated carbocycles. The molecule has 0 spiro atoms. The first kappa shape index (κ1) is 15.8. The molecular formula is C15H21ClN4O. The number of nitrogens with one attached hydrogen (secondary N) is 1. The van der Waals surface area contributed by atoms with Crippen LogP contribution in [0.15, 0.2) is 30.5 Å². The highest BCUT2D eigenvalue weighted by Gasteiger charge is 2.22. The second-order valence-corrected chi connectivity index (χ2v) is 5.63. The maximum Gasteiger partial charge on any atom is 0.161 e. The summed E-state index contributed by atoms with van der Waals surface area (Å²) in [6, 6.07) is 7.87. The molecule has 0 aliphatic heterocycles. The molecule has 2 aromatic rings. The van der Waals surface area contributed by atoms with Crippen molar-refractivity contribution in [2.24, 2.45) is 5.84 Å². The van der Waals surface area contributed by atoms with Crippen LogP contribution in [0.25, 0.3) is 0 Å². The molecule has 1 heterocycles. The Labute approximate surface area is 130 Å². The minimum Gasteiger partial charge on any atom is -0.493 e. The van der Waals surface area contributed by atoms with Crippen LogP contribution in [0.5, 0.6) is 5.75 Å². The van der Waals surface area contributed by atoms with Crippen molar-refractivity contribution in [3.05, 3.63) is 46.7 Å². The third-order valence-electron chi connectivity index (χ3n) is 3.37. The Balaban J connectivity index is 2.35. The molecule has 1 aromatic carbocycles. The van der Waals surface area contributed by atoms with Crippen molar-refractivity contribution in [2.45, 2.75) is 32.4 Å². The van der Waals surface area contributed by atoms with Crippen molar-refractivity contribution < 1.29 is 4.74 Å². The third kappa shape index (κ3) is 3.56. The molecule has 0 fully saturated rings. The van der Waals surface area contributed by atoms with Gasteiger partial charge in [-0.3, -0.25) is 16.0 Å². The standard InChI is InChI=1S/C15H21ClN4O/c1-10(2)20-15(14(21-3)9-18-20)13(19-17)8-11-5-4-6-12(16)7-11/h4-7,9-10,13,19H,8,17H2,1-3H3. The summed E-state index contributed by atoms with van der Waals surface area (Å²) in [5.74, 6) is 6.49. The smallest absolute Gasteiger partial charge is 0.161 e. The maximum absolute atomic E-state index is 6.04. The van der Waals surface area contributed by atoms with Gasteiger partial charge in [0.05, 0.1) is 25.0 Å². The van der Waals surface area contributed by atoms with E-state index in [0.29, 0.717) is 11.4 Å². The van der Waals surface area contributed by atoms with Crippen LogP contribution in [0.2, 0.25) is 5.02 Å². The molecule has 0 saturated heterocycles. The molecule has 0 bridgehead atoms. The SMILES string of the molecule is COc1cnn(C(C)C)c1C(Cc1cccc(Cl)c1)NN. The maximum atomic E-state index is 6.04. The van der Waals surface area contributed by atoms with Crippen molar-refractivity contribution in [1.82, 2.24) is 15.2 Å². The number of nitrogens with two attached hydrogens (primary N) is 1. The number of hydrazine groups is 1. The monoisotopic (exact) mass is 308 g/mol. The lowest BCUT2D eigenvalue weighted by Crippen LogP contribution is -2.32. The molecule has 0 amide bonds. The lowest BCUT2D eigenvalue weighted by molar-refractivity contribution is 0.384. The van der Waals surface area contributed by atoms with Gasteiger partial charge in [-0.25, -0.2) is 0 Å². The summed E-state index contributed by atoms with van der Waals surface area (Å²) in [6.45, 7) is 4.14. The second-order valence-electron chi connectivity index (χ2n) is 5.19. The van der Waals surface area contributed by atoms with E-state index in [9.17, 15) is 0 Å². The van der Waals surface area contributed by atoms with Crippen molar-refractivity contribution in [2.75, 3.05) is 7.11 Å². The van der Waals surface area contributed by atoms with Crippen LogP contribution < -0.4 is 16.0 Å². The summed E-state index contributed by atoms with van der Waals surface area (Å²) in [5.41, 5.74) is 4.90. The molecule has 0 aliphatic carbocycles. The Kier molecular flexibility index (Phi) is 5.22. The van der Waals surface area contributed by atoms with E-state index in [0.717, 1.165) is 17.0 Å². The Morgan fingerprint density at radius 2 is 2.19 bits per heavy atom. The van der Waals surface area contributed by atoms with Gasteiger partial charge in [-0.15, -0.1) is 0 Å². The molecule has 21 heavy (non-hydrogen) atoms. The molecule has 1 unspecified atom stereocenters. The van der Waals surface area contributed by atoms with E-state index in [-0.39, 0.29) is 12.1 Å². The number of methoxy groups -OCH3 is 1. The molecule has 2 rings (SSSR count). The molecular weight excluding hydrogens is 288 g/mol. The van der Waals surface area contributed by atoms with Crippen LogP contribution in [-0.4, -0.2) is 16.9 Å². The largest absolute Gasteiger partial charge is 0.493 e. The number of hydrogen-bond donors (Lipinski definition) is 2. The predicted molar refractivity (Wildman–Crippen MR) is 84.4 cm³/mol. The van der Waals surface area contributed by atoms with Gasteiger partial charge in [0.25, 0.3) is 0 Å². The van der Waals surface area contributed by atoms with Gasteiger partial charge in [0.1, 0.15) is 0 Å². The number of halogens is 1. The van der Waals surface area contributed by atoms with E-state index in [4.69, 9.17) is 22.2 Å². The van der Waals surface area contributed by atoms with Crippen molar-refractivity contribution in [3.63, 3.8) is 0 Å². The van der Waals surface area contributed by atoms with E-state index in [2.05, 4.69) is 24.4 Å². The zero-order valence-corrected chi connectivity index (χ0v) is 13.3. The summed E-state index contributed by atoms with van der Waals surface area (Å²) in [7, 11) is 1.64.